The summed E-state index contributed by atoms with van der Waals surface area (Å²) in [6, 6.07) is 5.98. The summed E-state index contributed by atoms with van der Waals surface area (Å²) >= 11 is 0. The molecule has 4 atom stereocenters. The Hall–Kier alpha value is -2.74. The van der Waals surface area contributed by atoms with Gasteiger partial charge in [-0.25, -0.2) is 4.39 Å². The van der Waals surface area contributed by atoms with Gasteiger partial charge in [0.2, 0.25) is 0 Å². The van der Waals surface area contributed by atoms with Crippen molar-refractivity contribution >= 4 is 11.8 Å². The summed E-state index contributed by atoms with van der Waals surface area (Å²) in [6.07, 6.45) is 0. The van der Waals surface area contributed by atoms with Crippen molar-refractivity contribution in [3.8, 4) is 0 Å². The number of nitrogens with zero attached hydrogens (tertiary/aromatic N) is 2. The van der Waals surface area contributed by atoms with E-state index in [9.17, 15) is 14.0 Å². The van der Waals surface area contributed by atoms with Crippen LogP contribution in [0.5, 0.6) is 0 Å². The minimum atomic E-state index is -0.420. The van der Waals surface area contributed by atoms with Gasteiger partial charge in [-0.05, 0) is 31.0 Å². The summed E-state index contributed by atoms with van der Waals surface area (Å²) in [6.45, 7) is 4.85. The Bertz CT molecular complexity index is 932. The maximum absolute atomic E-state index is 14.0. The van der Waals surface area contributed by atoms with Crippen LogP contribution in [-0.2, 0) is 4.74 Å². The standard InChI is InChI=1S/C20H23FN4O3/c1-10-12(5-4-6-15(10)21)11(2)25-17(7-16(24-25)19(26)22-3)20(27)23-18-13-8-28-9-14(13)18/h4-7,11,13-14,18H,8-9H2,1-3H3,(H,22,26)(H,23,27)/t11-,13-,14+,18+/m1/s1. The number of benzene rings is 1. The fourth-order valence-electron chi connectivity index (χ4n) is 3.99. The molecule has 0 radical (unpaired) electrons. The number of aromatic nitrogens is 2. The maximum Gasteiger partial charge on any atom is 0.271 e. The van der Waals surface area contributed by atoms with Gasteiger partial charge in [0.15, 0.2) is 5.69 Å². The van der Waals surface area contributed by atoms with Gasteiger partial charge in [0, 0.05) is 31.0 Å². The Balaban J connectivity index is 1.66. The lowest BCUT2D eigenvalue weighted by atomic mass is 10.0. The molecule has 1 aliphatic carbocycles. The second-order valence-electron chi connectivity index (χ2n) is 7.43. The topological polar surface area (TPSA) is 85.3 Å². The van der Waals surface area contributed by atoms with Crippen LogP contribution in [-0.4, -0.2) is 47.9 Å². The van der Waals surface area contributed by atoms with Gasteiger partial charge in [0.25, 0.3) is 11.8 Å². The van der Waals surface area contributed by atoms with Crippen LogP contribution < -0.4 is 10.6 Å². The minimum Gasteiger partial charge on any atom is -0.381 e. The van der Waals surface area contributed by atoms with Crippen molar-refractivity contribution in [2.24, 2.45) is 11.8 Å². The van der Waals surface area contributed by atoms with Crippen molar-refractivity contribution in [2.45, 2.75) is 25.9 Å². The molecule has 1 saturated heterocycles. The molecule has 2 amide bonds. The fourth-order valence-corrected chi connectivity index (χ4v) is 3.99. The average Bonchev–Trinajstić information content (AvgIpc) is 3.10. The molecule has 2 aliphatic rings. The number of ether oxygens (including phenoxy) is 1. The van der Waals surface area contributed by atoms with Crippen molar-refractivity contribution in [1.29, 1.82) is 0 Å². The Morgan fingerprint density at radius 2 is 2.00 bits per heavy atom. The zero-order valence-electron chi connectivity index (χ0n) is 16.0. The molecule has 2 heterocycles. The van der Waals surface area contributed by atoms with Crippen LogP contribution in [0.25, 0.3) is 0 Å². The number of nitrogens with one attached hydrogen (secondary N) is 2. The molecular formula is C20H23FN4O3. The van der Waals surface area contributed by atoms with Crippen LogP contribution in [0, 0.1) is 24.6 Å². The summed E-state index contributed by atoms with van der Waals surface area (Å²) in [5, 5.41) is 9.90. The summed E-state index contributed by atoms with van der Waals surface area (Å²) in [5.74, 6) is -0.265. The van der Waals surface area contributed by atoms with Crippen LogP contribution in [0.4, 0.5) is 4.39 Å². The monoisotopic (exact) mass is 386 g/mol. The van der Waals surface area contributed by atoms with Gasteiger partial charge in [0.1, 0.15) is 11.5 Å². The summed E-state index contributed by atoms with van der Waals surface area (Å²) in [5.41, 5.74) is 1.62. The first-order valence-electron chi connectivity index (χ1n) is 9.37. The third kappa shape index (κ3) is 3.07. The van der Waals surface area contributed by atoms with Crippen LogP contribution in [0.15, 0.2) is 24.3 Å². The van der Waals surface area contributed by atoms with E-state index in [1.165, 1.54) is 23.9 Å². The van der Waals surface area contributed by atoms with Gasteiger partial charge < -0.3 is 15.4 Å². The predicted octanol–water partition coefficient (Wildman–Crippen LogP) is 1.67. The number of carbonyl (C=O) groups is 2. The highest BCUT2D eigenvalue weighted by atomic mass is 19.1. The van der Waals surface area contributed by atoms with Crippen LogP contribution in [0.3, 0.4) is 0 Å². The lowest BCUT2D eigenvalue weighted by Crippen LogP contribution is -2.32. The molecule has 0 bridgehead atoms. The SMILES string of the molecule is CNC(=O)c1cc(C(=O)N[C@H]2[C@@H]3COC[C@@H]32)n([C@H](C)c2cccc(F)c2C)n1. The molecule has 7 nitrogen and oxygen atoms in total. The lowest BCUT2D eigenvalue weighted by molar-refractivity contribution is 0.0915. The normalized spacial score (nSPS) is 23.8. The highest BCUT2D eigenvalue weighted by Crippen LogP contribution is 2.44. The molecule has 8 heteroatoms. The first kappa shape index (κ1) is 18.6. The van der Waals surface area contributed by atoms with E-state index in [4.69, 9.17) is 4.74 Å². The van der Waals surface area contributed by atoms with Crippen LogP contribution in [0.2, 0.25) is 0 Å². The second-order valence-corrected chi connectivity index (χ2v) is 7.43. The molecule has 148 valence electrons. The summed E-state index contributed by atoms with van der Waals surface area (Å²) in [4.78, 5) is 25.0. The largest absolute Gasteiger partial charge is 0.381 e. The number of rotatable bonds is 5. The molecule has 2 N–H and O–H groups in total. The molecule has 0 unspecified atom stereocenters. The van der Waals surface area contributed by atoms with Crippen LogP contribution in [0.1, 0.15) is 45.1 Å². The van der Waals surface area contributed by atoms with Gasteiger partial charge in [-0.15, -0.1) is 0 Å². The van der Waals surface area contributed by atoms with Crippen LogP contribution >= 0.6 is 0 Å². The Morgan fingerprint density at radius 3 is 2.68 bits per heavy atom. The van der Waals surface area contributed by atoms with Crippen molar-refractivity contribution < 1.29 is 18.7 Å². The number of hydrogen-bond acceptors (Lipinski definition) is 4. The van der Waals surface area contributed by atoms with Gasteiger partial charge in [-0.3, -0.25) is 14.3 Å². The molecule has 1 aromatic heterocycles. The molecule has 1 aliphatic heterocycles. The molecule has 1 saturated carbocycles. The first-order valence-corrected chi connectivity index (χ1v) is 9.37. The average molecular weight is 386 g/mol. The Labute approximate surface area is 162 Å². The van der Waals surface area contributed by atoms with E-state index in [-0.39, 0.29) is 35.1 Å². The number of fused-ring (bicyclic) bond motifs is 1. The smallest absolute Gasteiger partial charge is 0.271 e. The highest BCUT2D eigenvalue weighted by Gasteiger charge is 2.55. The van der Waals surface area contributed by atoms with E-state index in [0.29, 0.717) is 36.2 Å². The Morgan fingerprint density at radius 1 is 1.29 bits per heavy atom. The highest BCUT2D eigenvalue weighted by molar-refractivity contribution is 5.98. The first-order chi connectivity index (χ1) is 13.4. The lowest BCUT2D eigenvalue weighted by Gasteiger charge is -2.18. The number of carbonyl (C=O) groups excluding carboxylic acids is 2. The van der Waals surface area contributed by atoms with Crippen molar-refractivity contribution in [3.05, 3.63) is 52.6 Å². The number of hydrogen-bond donors (Lipinski definition) is 2. The van der Waals surface area contributed by atoms with Gasteiger partial charge in [-0.1, -0.05) is 12.1 Å². The zero-order chi connectivity index (χ0) is 20.0. The second kappa shape index (κ2) is 7.01. The van der Waals surface area contributed by atoms with Gasteiger partial charge in [0.05, 0.1) is 19.3 Å². The molecule has 28 heavy (non-hydrogen) atoms. The molecular weight excluding hydrogens is 363 g/mol. The third-order valence-corrected chi connectivity index (χ3v) is 5.80. The molecule has 0 spiro atoms. The zero-order valence-corrected chi connectivity index (χ0v) is 16.0. The van der Waals surface area contributed by atoms with Crippen molar-refractivity contribution in [2.75, 3.05) is 20.3 Å². The maximum atomic E-state index is 14.0. The van der Waals surface area contributed by atoms with E-state index in [1.807, 2.05) is 6.92 Å². The molecule has 4 rings (SSSR count). The Kier molecular flexibility index (Phi) is 4.66. The minimum absolute atomic E-state index is 0.0965. The van der Waals surface area contributed by atoms with Crippen molar-refractivity contribution in [3.63, 3.8) is 0 Å². The van der Waals surface area contributed by atoms with E-state index in [2.05, 4.69) is 15.7 Å². The van der Waals surface area contributed by atoms with Gasteiger partial charge in [-0.2, -0.15) is 5.10 Å². The van der Waals surface area contributed by atoms with E-state index < -0.39 is 6.04 Å². The third-order valence-electron chi connectivity index (χ3n) is 5.80. The molecule has 2 fully saturated rings. The molecule has 2 aromatic rings. The molecule has 1 aromatic carbocycles. The van der Waals surface area contributed by atoms with E-state index >= 15 is 0 Å². The van der Waals surface area contributed by atoms with E-state index in [1.54, 1.807) is 19.1 Å². The summed E-state index contributed by atoms with van der Waals surface area (Å²) in [7, 11) is 1.51. The quantitative estimate of drug-likeness (QED) is 0.819. The van der Waals surface area contributed by atoms with E-state index in [0.717, 1.165) is 0 Å². The van der Waals surface area contributed by atoms with Gasteiger partial charge >= 0.3 is 0 Å². The predicted molar refractivity (Wildman–Crippen MR) is 99.6 cm³/mol. The fraction of sp³-hybridized carbons (Fsp3) is 0.450. The summed E-state index contributed by atoms with van der Waals surface area (Å²) < 4.78 is 20.9. The number of amides is 2. The van der Waals surface area contributed by atoms with Crippen molar-refractivity contribution in [1.82, 2.24) is 20.4 Å². The number of halogens is 1.